The van der Waals surface area contributed by atoms with Crippen LogP contribution in [0.5, 0.6) is 0 Å². The lowest BCUT2D eigenvalue weighted by Gasteiger charge is -2.47. The molecule has 4 nitrogen and oxygen atoms in total. The average molecular weight is 519 g/mol. The first kappa shape index (κ1) is 35.1. The zero-order valence-corrected chi connectivity index (χ0v) is 26.7. The third-order valence-corrected chi connectivity index (χ3v) is 9.84. The van der Waals surface area contributed by atoms with Crippen molar-refractivity contribution < 1.29 is 18.1 Å². The molecule has 35 heavy (non-hydrogen) atoms. The van der Waals surface area contributed by atoms with E-state index in [0.717, 1.165) is 77.0 Å². The second-order valence-corrected chi connectivity index (χ2v) is 13.3. The first-order valence-electron chi connectivity index (χ1n) is 15.0. The smallest absolute Gasteiger partial charge is 0.280 e. The van der Waals surface area contributed by atoms with Crippen LogP contribution in [0.2, 0.25) is 0 Å². The third-order valence-electron chi connectivity index (χ3n) is 8.08. The maximum absolute atomic E-state index is 15.2. The zero-order chi connectivity index (χ0) is 27.3. The van der Waals surface area contributed by atoms with Crippen LogP contribution in [0.1, 0.15) is 160 Å². The van der Waals surface area contributed by atoms with Gasteiger partial charge in [-0.15, -0.1) is 0 Å². The predicted molar refractivity (Wildman–Crippen MR) is 153 cm³/mol. The number of hydrogen-bond acceptors (Lipinski definition) is 4. The maximum atomic E-state index is 15.2. The van der Waals surface area contributed by atoms with Crippen molar-refractivity contribution in [1.29, 1.82) is 0 Å². The first-order valence-corrected chi connectivity index (χ1v) is 16.5. The zero-order valence-electron chi connectivity index (χ0n) is 25.8. The molecule has 0 bridgehead atoms. The van der Waals surface area contributed by atoms with Gasteiger partial charge in [0.25, 0.3) is 0 Å². The van der Waals surface area contributed by atoms with E-state index in [9.17, 15) is 0 Å². The Kier molecular flexibility index (Phi) is 16.2. The molecule has 0 aliphatic heterocycles. The molecule has 212 valence electrons. The topological polar surface area (TPSA) is 44.8 Å². The molecule has 0 unspecified atom stereocenters. The Morgan fingerprint density at radius 2 is 0.629 bits per heavy atom. The summed E-state index contributed by atoms with van der Waals surface area (Å²) in [5, 5.41) is 0. The largest absolute Gasteiger partial charge is 0.476 e. The molecule has 0 aliphatic carbocycles. The fourth-order valence-corrected chi connectivity index (χ4v) is 8.59. The van der Waals surface area contributed by atoms with Crippen molar-refractivity contribution in [3.05, 3.63) is 0 Å². The van der Waals surface area contributed by atoms with E-state index in [-0.39, 0.29) is 17.8 Å². The molecule has 0 aromatic heterocycles. The van der Waals surface area contributed by atoms with Gasteiger partial charge >= 0.3 is 7.82 Å². The summed E-state index contributed by atoms with van der Waals surface area (Å²) in [6.45, 7) is 26.2. The van der Waals surface area contributed by atoms with Gasteiger partial charge in [0, 0.05) is 0 Å². The Hall–Kier alpha value is 0.110. The predicted octanol–water partition coefficient (Wildman–Crippen LogP) is 11.1. The van der Waals surface area contributed by atoms with Crippen molar-refractivity contribution >= 4 is 7.82 Å². The highest BCUT2D eigenvalue weighted by molar-refractivity contribution is 7.48. The molecule has 5 heteroatoms. The van der Waals surface area contributed by atoms with Crippen molar-refractivity contribution in [2.45, 2.75) is 177 Å². The summed E-state index contributed by atoms with van der Waals surface area (Å²) < 4.78 is 35.8. The number of phosphoric ester groups is 1. The van der Waals surface area contributed by atoms with Crippen molar-refractivity contribution in [1.82, 2.24) is 0 Å². The van der Waals surface area contributed by atoms with Gasteiger partial charge in [0.1, 0.15) is 0 Å². The first-order chi connectivity index (χ1) is 16.3. The van der Waals surface area contributed by atoms with E-state index in [1.165, 1.54) is 0 Å². The molecule has 0 N–H and O–H groups in total. The van der Waals surface area contributed by atoms with Crippen LogP contribution in [0.4, 0.5) is 0 Å². The lowest BCUT2D eigenvalue weighted by atomic mass is 9.82. The van der Waals surface area contributed by atoms with Crippen LogP contribution in [-0.4, -0.2) is 16.8 Å². The minimum atomic E-state index is -3.92. The normalized spacial score (nSPS) is 14.0. The summed E-state index contributed by atoms with van der Waals surface area (Å²) in [5.41, 5.74) is -1.58. The highest BCUT2D eigenvalue weighted by Gasteiger charge is 2.52. The summed E-state index contributed by atoms with van der Waals surface area (Å²) in [7, 11) is -3.92. The Bertz CT molecular complexity index is 500. The number of hydrogen-bond donors (Lipinski definition) is 0. The average Bonchev–Trinajstić information content (AvgIpc) is 2.74. The molecule has 0 saturated heterocycles. The quantitative estimate of drug-likeness (QED) is 0.142. The van der Waals surface area contributed by atoms with Crippen LogP contribution in [0.3, 0.4) is 0 Å². The van der Waals surface area contributed by atoms with Gasteiger partial charge in [-0.25, -0.2) is 4.57 Å². The number of phosphoric acid groups is 1. The van der Waals surface area contributed by atoms with Gasteiger partial charge in [-0.3, -0.25) is 13.6 Å². The van der Waals surface area contributed by atoms with Crippen LogP contribution in [0, 0.1) is 17.8 Å². The summed E-state index contributed by atoms with van der Waals surface area (Å²) in [6.07, 6.45) is 10.9. The molecule has 0 heterocycles. The van der Waals surface area contributed by atoms with E-state index < -0.39 is 24.6 Å². The van der Waals surface area contributed by atoms with Gasteiger partial charge < -0.3 is 0 Å². The van der Waals surface area contributed by atoms with Gasteiger partial charge in [0.15, 0.2) is 0 Å². The fourth-order valence-electron chi connectivity index (χ4n) is 5.96. The van der Waals surface area contributed by atoms with Crippen LogP contribution < -0.4 is 0 Å². The molecular weight excluding hydrogens is 455 g/mol. The summed E-state index contributed by atoms with van der Waals surface area (Å²) in [5.74, 6) is 0.624. The van der Waals surface area contributed by atoms with Crippen molar-refractivity contribution in [2.24, 2.45) is 17.8 Å². The van der Waals surface area contributed by atoms with E-state index in [4.69, 9.17) is 13.6 Å². The molecule has 0 saturated carbocycles. The lowest BCUT2D eigenvalue weighted by molar-refractivity contribution is -0.113. The van der Waals surface area contributed by atoms with Gasteiger partial charge in [0.05, 0.1) is 16.8 Å². The molecule has 0 aliphatic rings. The Morgan fingerprint density at radius 1 is 0.457 bits per heavy atom. The molecule has 0 spiro atoms. The van der Waals surface area contributed by atoms with Crippen LogP contribution >= 0.6 is 7.82 Å². The third kappa shape index (κ3) is 9.73. The Labute approximate surface area is 220 Å². The SMILES string of the molecule is CCCC(CCC)(OP(=O)(OC(CCC)(CCC)C(C)C)OC(CCC)(CCC)C(C)C)C(C)C. The molecule has 0 radical (unpaired) electrons. The van der Waals surface area contributed by atoms with E-state index in [1.54, 1.807) is 0 Å². The second kappa shape index (κ2) is 16.2. The fraction of sp³-hybridized carbons (Fsp3) is 1.00. The van der Waals surface area contributed by atoms with Gasteiger partial charge in [-0.1, -0.05) is 122 Å². The van der Waals surface area contributed by atoms with E-state index >= 15 is 4.57 Å². The molecule has 0 atom stereocenters. The molecule has 0 aromatic carbocycles. The molecule has 0 fully saturated rings. The van der Waals surface area contributed by atoms with Crippen molar-refractivity contribution in [3.63, 3.8) is 0 Å². The van der Waals surface area contributed by atoms with Gasteiger partial charge in [-0.05, 0) is 56.3 Å². The van der Waals surface area contributed by atoms with Crippen molar-refractivity contribution in [3.8, 4) is 0 Å². The monoisotopic (exact) mass is 518 g/mol. The standard InChI is InChI=1S/C30H63O4P/c1-13-19-28(20-14-2,25(7)8)32-35(31,33-29(21-15-3,22-16-4)26(9)10)34-30(23-17-5,24-18-6)27(11)12/h25-27H,13-24H2,1-12H3. The molecule has 0 amide bonds. The minimum absolute atomic E-state index is 0.208. The van der Waals surface area contributed by atoms with E-state index in [1.807, 2.05) is 0 Å². The van der Waals surface area contributed by atoms with Crippen LogP contribution in [-0.2, 0) is 18.1 Å². The van der Waals surface area contributed by atoms with Crippen molar-refractivity contribution in [2.75, 3.05) is 0 Å². The van der Waals surface area contributed by atoms with E-state index in [0.29, 0.717) is 0 Å². The summed E-state index contributed by atoms with van der Waals surface area (Å²) >= 11 is 0. The summed E-state index contributed by atoms with van der Waals surface area (Å²) in [4.78, 5) is 0. The Morgan fingerprint density at radius 3 is 0.743 bits per heavy atom. The summed E-state index contributed by atoms with van der Waals surface area (Å²) in [6, 6.07) is 0. The Balaban J connectivity index is 6.95. The van der Waals surface area contributed by atoms with Crippen LogP contribution in [0.25, 0.3) is 0 Å². The van der Waals surface area contributed by atoms with E-state index in [2.05, 4.69) is 83.1 Å². The highest BCUT2D eigenvalue weighted by Crippen LogP contribution is 2.64. The number of rotatable bonds is 21. The van der Waals surface area contributed by atoms with Gasteiger partial charge in [-0.2, -0.15) is 0 Å². The van der Waals surface area contributed by atoms with Gasteiger partial charge in [0.2, 0.25) is 0 Å². The highest BCUT2D eigenvalue weighted by atomic mass is 31.2. The second-order valence-electron chi connectivity index (χ2n) is 11.9. The van der Waals surface area contributed by atoms with Crippen LogP contribution in [0.15, 0.2) is 0 Å². The molecule has 0 rings (SSSR count). The molecule has 0 aromatic rings. The maximum Gasteiger partial charge on any atom is 0.476 e. The molecular formula is C30H63O4P. The minimum Gasteiger partial charge on any atom is -0.280 e. The lowest BCUT2D eigenvalue weighted by Crippen LogP contribution is -2.45.